The van der Waals surface area contributed by atoms with E-state index in [1.165, 1.54) is 0 Å². The lowest BCUT2D eigenvalue weighted by atomic mass is 10.2. The standard InChI is InChI=1S/C13H18N4O2/c1-2-14-9-12(18)16-10-3-5-11(6-4-10)17-8-7-15-13(17)19/h3-6,14H,2,7-9H2,1H3,(H,15,19)(H,16,18). The summed E-state index contributed by atoms with van der Waals surface area (Å²) in [5, 5.41) is 8.49. The molecule has 3 amide bonds. The molecule has 1 aromatic carbocycles. The summed E-state index contributed by atoms with van der Waals surface area (Å²) in [6.45, 7) is 4.34. The van der Waals surface area contributed by atoms with Crippen LogP contribution in [0.3, 0.4) is 0 Å². The molecule has 1 aliphatic rings. The van der Waals surface area contributed by atoms with Crippen LogP contribution in [0.25, 0.3) is 0 Å². The first kappa shape index (κ1) is 13.4. The maximum atomic E-state index is 11.5. The Morgan fingerprint density at radius 3 is 2.68 bits per heavy atom. The SMILES string of the molecule is CCNCC(=O)Nc1ccc(N2CCNC2=O)cc1. The van der Waals surface area contributed by atoms with E-state index >= 15 is 0 Å². The van der Waals surface area contributed by atoms with Crippen LogP contribution in [0, 0.1) is 0 Å². The Morgan fingerprint density at radius 2 is 2.11 bits per heavy atom. The average molecular weight is 262 g/mol. The molecular weight excluding hydrogens is 244 g/mol. The quantitative estimate of drug-likeness (QED) is 0.733. The topological polar surface area (TPSA) is 73.5 Å². The number of carbonyl (C=O) groups excluding carboxylic acids is 2. The predicted molar refractivity (Wildman–Crippen MR) is 74.4 cm³/mol. The van der Waals surface area contributed by atoms with Gasteiger partial charge in [0.25, 0.3) is 0 Å². The number of anilines is 2. The normalized spacial score (nSPS) is 14.4. The van der Waals surface area contributed by atoms with Crippen molar-refractivity contribution in [2.24, 2.45) is 0 Å². The van der Waals surface area contributed by atoms with Crippen molar-refractivity contribution in [2.45, 2.75) is 6.92 Å². The van der Waals surface area contributed by atoms with Gasteiger partial charge >= 0.3 is 6.03 Å². The lowest BCUT2D eigenvalue weighted by Crippen LogP contribution is -2.28. The minimum absolute atomic E-state index is 0.0754. The monoisotopic (exact) mass is 262 g/mol. The zero-order chi connectivity index (χ0) is 13.7. The molecule has 0 aliphatic carbocycles. The van der Waals surface area contributed by atoms with Crippen LogP contribution in [0.4, 0.5) is 16.2 Å². The first-order valence-electron chi connectivity index (χ1n) is 6.36. The van der Waals surface area contributed by atoms with Gasteiger partial charge in [0.1, 0.15) is 0 Å². The summed E-state index contributed by atoms with van der Waals surface area (Å²) in [6, 6.07) is 7.17. The number of nitrogens with one attached hydrogen (secondary N) is 3. The molecule has 102 valence electrons. The van der Waals surface area contributed by atoms with E-state index in [1.807, 2.05) is 19.1 Å². The number of benzene rings is 1. The van der Waals surface area contributed by atoms with Crippen molar-refractivity contribution in [1.82, 2.24) is 10.6 Å². The summed E-state index contributed by atoms with van der Waals surface area (Å²) >= 11 is 0. The third kappa shape index (κ3) is 3.45. The molecule has 0 aromatic heterocycles. The van der Waals surface area contributed by atoms with E-state index in [0.717, 1.165) is 17.9 Å². The molecule has 6 heteroatoms. The summed E-state index contributed by atoms with van der Waals surface area (Å²) in [4.78, 5) is 24.7. The lowest BCUT2D eigenvalue weighted by molar-refractivity contribution is -0.115. The van der Waals surface area contributed by atoms with Gasteiger partial charge in [-0.3, -0.25) is 9.69 Å². The number of nitrogens with zero attached hydrogens (tertiary/aromatic N) is 1. The first-order chi connectivity index (χ1) is 9.20. The fourth-order valence-electron chi connectivity index (χ4n) is 1.89. The van der Waals surface area contributed by atoms with Crippen molar-refractivity contribution in [3.8, 4) is 0 Å². The maximum absolute atomic E-state index is 11.5. The molecule has 1 fully saturated rings. The highest BCUT2D eigenvalue weighted by Crippen LogP contribution is 2.19. The molecule has 6 nitrogen and oxygen atoms in total. The van der Waals surface area contributed by atoms with Gasteiger partial charge in [-0.2, -0.15) is 0 Å². The Balaban J connectivity index is 1.94. The number of likely N-dealkylation sites (N-methyl/N-ethyl adjacent to an activating group) is 1. The molecule has 19 heavy (non-hydrogen) atoms. The number of hydrogen-bond donors (Lipinski definition) is 3. The molecule has 1 saturated heterocycles. The maximum Gasteiger partial charge on any atom is 0.321 e. The van der Waals surface area contributed by atoms with E-state index in [0.29, 0.717) is 19.6 Å². The van der Waals surface area contributed by atoms with Crippen LogP contribution in [0.15, 0.2) is 24.3 Å². The second-order valence-electron chi connectivity index (χ2n) is 4.26. The molecule has 0 bridgehead atoms. The van der Waals surface area contributed by atoms with Gasteiger partial charge in [0.15, 0.2) is 0 Å². The van der Waals surface area contributed by atoms with E-state index in [1.54, 1.807) is 17.0 Å². The fraction of sp³-hybridized carbons (Fsp3) is 0.385. The van der Waals surface area contributed by atoms with Crippen LogP contribution >= 0.6 is 0 Å². The van der Waals surface area contributed by atoms with Crippen LogP contribution in [0.5, 0.6) is 0 Å². The highest BCUT2D eigenvalue weighted by molar-refractivity contribution is 5.95. The molecule has 0 radical (unpaired) electrons. The third-order valence-electron chi connectivity index (χ3n) is 2.86. The van der Waals surface area contributed by atoms with Gasteiger partial charge in [0.2, 0.25) is 5.91 Å². The predicted octanol–water partition coefficient (Wildman–Crippen LogP) is 0.764. The summed E-state index contributed by atoms with van der Waals surface area (Å²) in [6.07, 6.45) is 0. The number of hydrogen-bond acceptors (Lipinski definition) is 3. The van der Waals surface area contributed by atoms with Crippen LogP contribution in [0.1, 0.15) is 6.92 Å². The van der Waals surface area contributed by atoms with E-state index in [2.05, 4.69) is 16.0 Å². The Hall–Kier alpha value is -2.08. The Morgan fingerprint density at radius 1 is 1.37 bits per heavy atom. The number of urea groups is 1. The second kappa shape index (κ2) is 6.19. The molecule has 0 unspecified atom stereocenters. The van der Waals surface area contributed by atoms with Crippen molar-refractivity contribution in [3.05, 3.63) is 24.3 Å². The number of amides is 3. The number of carbonyl (C=O) groups is 2. The third-order valence-corrected chi connectivity index (χ3v) is 2.86. The van der Waals surface area contributed by atoms with Crippen molar-refractivity contribution in [3.63, 3.8) is 0 Å². The molecule has 1 aliphatic heterocycles. The molecule has 0 saturated carbocycles. The van der Waals surface area contributed by atoms with Crippen molar-refractivity contribution in [1.29, 1.82) is 0 Å². The molecule has 0 atom stereocenters. The Labute approximate surface area is 112 Å². The van der Waals surface area contributed by atoms with Gasteiger partial charge in [-0.1, -0.05) is 6.92 Å². The van der Waals surface area contributed by atoms with E-state index < -0.39 is 0 Å². The van der Waals surface area contributed by atoms with Gasteiger partial charge in [-0.25, -0.2) is 4.79 Å². The summed E-state index contributed by atoms with van der Waals surface area (Å²) < 4.78 is 0. The molecule has 1 heterocycles. The van der Waals surface area contributed by atoms with Gasteiger partial charge < -0.3 is 16.0 Å². The van der Waals surface area contributed by atoms with E-state index in [9.17, 15) is 9.59 Å². The van der Waals surface area contributed by atoms with Gasteiger partial charge in [0.05, 0.1) is 6.54 Å². The zero-order valence-electron chi connectivity index (χ0n) is 10.9. The average Bonchev–Trinajstić information content (AvgIpc) is 2.83. The largest absolute Gasteiger partial charge is 0.336 e. The van der Waals surface area contributed by atoms with Crippen LogP contribution in [-0.4, -0.2) is 38.1 Å². The second-order valence-corrected chi connectivity index (χ2v) is 4.26. The number of rotatable bonds is 5. The summed E-state index contributed by atoms with van der Waals surface area (Å²) in [7, 11) is 0. The zero-order valence-corrected chi connectivity index (χ0v) is 10.9. The molecule has 0 spiro atoms. The van der Waals surface area contributed by atoms with Crippen LogP contribution in [-0.2, 0) is 4.79 Å². The highest BCUT2D eigenvalue weighted by Gasteiger charge is 2.20. The van der Waals surface area contributed by atoms with Crippen molar-refractivity contribution < 1.29 is 9.59 Å². The summed E-state index contributed by atoms with van der Waals surface area (Å²) in [5.41, 5.74) is 1.56. The molecular formula is C13H18N4O2. The van der Waals surface area contributed by atoms with E-state index in [-0.39, 0.29) is 11.9 Å². The molecule has 3 N–H and O–H groups in total. The minimum Gasteiger partial charge on any atom is -0.336 e. The van der Waals surface area contributed by atoms with Gasteiger partial charge in [-0.05, 0) is 30.8 Å². The van der Waals surface area contributed by atoms with Crippen molar-refractivity contribution in [2.75, 3.05) is 36.4 Å². The minimum atomic E-state index is -0.0797. The van der Waals surface area contributed by atoms with Crippen LogP contribution in [0.2, 0.25) is 0 Å². The van der Waals surface area contributed by atoms with Gasteiger partial charge in [-0.15, -0.1) is 0 Å². The van der Waals surface area contributed by atoms with Crippen LogP contribution < -0.4 is 20.9 Å². The van der Waals surface area contributed by atoms with E-state index in [4.69, 9.17) is 0 Å². The Kier molecular flexibility index (Phi) is 4.35. The fourth-order valence-corrected chi connectivity index (χ4v) is 1.89. The van der Waals surface area contributed by atoms with Gasteiger partial charge in [0, 0.05) is 24.5 Å². The lowest BCUT2D eigenvalue weighted by Gasteiger charge is -2.14. The van der Waals surface area contributed by atoms with Crippen molar-refractivity contribution >= 4 is 23.3 Å². The Bertz CT molecular complexity index is 458. The first-order valence-corrected chi connectivity index (χ1v) is 6.36. The molecule has 1 aromatic rings. The highest BCUT2D eigenvalue weighted by atomic mass is 16.2. The summed E-state index contributed by atoms with van der Waals surface area (Å²) in [5.74, 6) is -0.0754. The molecule has 2 rings (SSSR count). The smallest absolute Gasteiger partial charge is 0.321 e.